The van der Waals surface area contributed by atoms with E-state index in [9.17, 15) is 4.79 Å². The van der Waals surface area contributed by atoms with Gasteiger partial charge >= 0.3 is 5.97 Å². The van der Waals surface area contributed by atoms with Crippen molar-refractivity contribution in [1.29, 1.82) is 0 Å². The Balaban J connectivity index is 0.00000176. The number of carbonyl (C=O) groups excluding carboxylic acids is 1. The van der Waals surface area contributed by atoms with Gasteiger partial charge in [0.1, 0.15) is 6.61 Å². The molecule has 0 aromatic carbocycles. The quantitative estimate of drug-likeness (QED) is 0.703. The average Bonchev–Trinajstić information content (AvgIpc) is 2.21. The van der Waals surface area contributed by atoms with Crippen LogP contribution < -0.4 is 12.4 Å². The van der Waals surface area contributed by atoms with Crippen LogP contribution in [0.5, 0.6) is 0 Å². The lowest BCUT2D eigenvalue weighted by atomic mass is 9.36. The zero-order valence-corrected chi connectivity index (χ0v) is 15.6. The minimum atomic E-state index is -0.195. The minimum Gasteiger partial charge on any atom is -1.00 e. The number of nitrogens with zero attached hydrogens (tertiary/aromatic N) is 1. The van der Waals surface area contributed by atoms with Crippen molar-refractivity contribution in [3.05, 3.63) is 0 Å². The molecule has 0 amide bonds. The Bertz CT molecular complexity index is 408. The lowest BCUT2D eigenvalue weighted by Crippen LogP contribution is -3.00. The van der Waals surface area contributed by atoms with Gasteiger partial charge in [-0.05, 0) is 68.9 Å². The molecule has 4 saturated carbocycles. The summed E-state index contributed by atoms with van der Waals surface area (Å²) in [6.07, 6.45) is 7.02. The first-order valence-corrected chi connectivity index (χ1v) is 8.40. The van der Waals surface area contributed by atoms with E-state index in [1.165, 1.54) is 19.3 Å². The minimum absolute atomic E-state index is 0. The molecule has 0 N–H and O–H groups in total. The van der Waals surface area contributed by atoms with E-state index < -0.39 is 0 Å². The number of esters is 1. The van der Waals surface area contributed by atoms with Crippen LogP contribution in [0.3, 0.4) is 0 Å². The molecule has 0 unspecified atom stereocenters. The fourth-order valence-electron chi connectivity index (χ4n) is 6.98. The number of hydrogen-bond donors (Lipinski definition) is 0. The number of carbonyl (C=O) groups is 1. The highest BCUT2D eigenvalue weighted by molar-refractivity contribution is 5.78. The molecule has 4 heteroatoms. The fourth-order valence-corrected chi connectivity index (χ4v) is 6.98. The largest absolute Gasteiger partial charge is 1.00 e. The van der Waals surface area contributed by atoms with Gasteiger partial charge in [-0.15, -0.1) is 0 Å². The van der Waals surface area contributed by atoms with E-state index in [-0.39, 0.29) is 23.8 Å². The monoisotopic (exact) mass is 328 g/mol. The Morgan fingerprint density at radius 1 is 0.909 bits per heavy atom. The highest BCUT2D eigenvalue weighted by atomic mass is 35.5. The van der Waals surface area contributed by atoms with Crippen LogP contribution in [-0.2, 0) is 9.53 Å². The van der Waals surface area contributed by atoms with Gasteiger partial charge in [-0.3, -0.25) is 4.79 Å². The Kier molecular flexibility index (Phi) is 4.41. The molecule has 0 heterocycles. The van der Waals surface area contributed by atoms with Gasteiger partial charge in [-0.25, -0.2) is 0 Å². The Hall–Kier alpha value is -0.280. The van der Waals surface area contributed by atoms with Gasteiger partial charge in [-0.1, -0.05) is 20.8 Å². The van der Waals surface area contributed by atoms with Crippen molar-refractivity contribution in [2.24, 2.45) is 21.7 Å². The van der Waals surface area contributed by atoms with Crippen molar-refractivity contribution in [2.75, 3.05) is 27.2 Å². The van der Waals surface area contributed by atoms with E-state index in [0.717, 1.165) is 25.8 Å². The van der Waals surface area contributed by atoms with Crippen LogP contribution in [0, 0.1) is 21.7 Å². The maximum absolute atomic E-state index is 12.9. The summed E-state index contributed by atoms with van der Waals surface area (Å²) in [5.41, 5.74) is 0.843. The smallest absolute Gasteiger partial charge is 0.312 e. The van der Waals surface area contributed by atoms with Crippen LogP contribution in [0.15, 0.2) is 0 Å². The van der Waals surface area contributed by atoms with Crippen molar-refractivity contribution < 1.29 is 21.9 Å². The molecular formula is C18H31ClNO2-. The predicted octanol–water partition coefficient (Wildman–Crippen LogP) is 0.482. The zero-order chi connectivity index (χ0) is 15.5. The maximum Gasteiger partial charge on any atom is 0.312 e. The molecule has 0 saturated heterocycles. The first kappa shape index (κ1) is 18.1. The third-order valence-electron chi connectivity index (χ3n) is 6.06. The predicted molar refractivity (Wildman–Crippen MR) is 84.0 cm³/mol. The molecule has 3 nitrogen and oxygen atoms in total. The van der Waals surface area contributed by atoms with Crippen LogP contribution >= 0.6 is 0 Å². The number of rotatable bonds is 4. The molecule has 0 atom stereocenters. The highest BCUT2D eigenvalue weighted by Crippen LogP contribution is 2.73. The molecule has 4 rings (SSSR count). The standard InChI is InChI=1S/C18H31NO2.ClH/c1-15-8-16(2)10-17(3,9-15)13-18(11-15,12-16)14(20)21-7-6-19(4)5;/h6-13H2,1-5H3;1H/p-1. The van der Waals surface area contributed by atoms with Gasteiger partial charge in [0, 0.05) is 6.54 Å². The van der Waals surface area contributed by atoms with Crippen LogP contribution in [0.2, 0.25) is 0 Å². The number of halogens is 1. The van der Waals surface area contributed by atoms with E-state index in [1.54, 1.807) is 0 Å². The Morgan fingerprint density at radius 2 is 1.32 bits per heavy atom. The van der Waals surface area contributed by atoms with Gasteiger partial charge in [0.25, 0.3) is 0 Å². The van der Waals surface area contributed by atoms with Crippen molar-refractivity contribution >= 4 is 5.97 Å². The lowest BCUT2D eigenvalue weighted by Gasteiger charge is -2.68. The topological polar surface area (TPSA) is 29.5 Å². The molecular weight excluding hydrogens is 298 g/mol. The summed E-state index contributed by atoms with van der Waals surface area (Å²) < 4.78 is 5.69. The second kappa shape index (κ2) is 5.37. The normalized spacial score (nSPS) is 45.7. The van der Waals surface area contributed by atoms with Crippen LogP contribution in [-0.4, -0.2) is 38.1 Å². The molecule has 0 aromatic rings. The number of ether oxygens (including phenoxy) is 1. The van der Waals surface area contributed by atoms with Gasteiger partial charge < -0.3 is 22.0 Å². The van der Waals surface area contributed by atoms with E-state index in [0.29, 0.717) is 22.9 Å². The van der Waals surface area contributed by atoms with E-state index in [2.05, 4.69) is 25.7 Å². The summed E-state index contributed by atoms with van der Waals surface area (Å²) in [7, 11) is 4.03. The Labute approximate surface area is 141 Å². The molecule has 0 aliphatic heterocycles. The van der Waals surface area contributed by atoms with E-state index in [4.69, 9.17) is 4.74 Å². The average molecular weight is 329 g/mol. The Morgan fingerprint density at radius 3 is 1.68 bits per heavy atom. The molecule has 4 aliphatic rings. The van der Waals surface area contributed by atoms with Gasteiger partial charge in [-0.2, -0.15) is 0 Å². The maximum atomic E-state index is 12.9. The fraction of sp³-hybridized carbons (Fsp3) is 0.944. The molecule has 4 aliphatic carbocycles. The highest BCUT2D eigenvalue weighted by Gasteiger charge is 2.66. The summed E-state index contributed by atoms with van der Waals surface area (Å²) in [6.45, 7) is 8.56. The molecule has 4 bridgehead atoms. The van der Waals surface area contributed by atoms with E-state index >= 15 is 0 Å². The van der Waals surface area contributed by atoms with Crippen molar-refractivity contribution in [2.45, 2.75) is 59.3 Å². The third-order valence-corrected chi connectivity index (χ3v) is 6.06. The molecule has 0 aromatic heterocycles. The van der Waals surface area contributed by atoms with Crippen molar-refractivity contribution in [3.8, 4) is 0 Å². The first-order valence-electron chi connectivity index (χ1n) is 8.40. The molecule has 128 valence electrons. The summed E-state index contributed by atoms with van der Waals surface area (Å²) in [6, 6.07) is 0. The van der Waals surface area contributed by atoms with Crippen LogP contribution in [0.1, 0.15) is 59.3 Å². The van der Waals surface area contributed by atoms with Crippen LogP contribution in [0.4, 0.5) is 0 Å². The SMILES string of the molecule is CN(C)CCOC(=O)C12CC3(C)CC(C)(CC(C)(C3)C1)C2.[Cl-]. The van der Waals surface area contributed by atoms with Gasteiger partial charge in [0.15, 0.2) is 0 Å². The third kappa shape index (κ3) is 3.03. The summed E-state index contributed by atoms with van der Waals surface area (Å²) >= 11 is 0. The molecule has 0 spiro atoms. The second-order valence-electron chi connectivity index (χ2n) is 9.71. The first-order chi connectivity index (χ1) is 9.58. The van der Waals surface area contributed by atoms with Gasteiger partial charge in [0.2, 0.25) is 0 Å². The van der Waals surface area contributed by atoms with E-state index in [1.807, 2.05) is 14.1 Å². The second-order valence-corrected chi connectivity index (χ2v) is 9.71. The van der Waals surface area contributed by atoms with Crippen LogP contribution in [0.25, 0.3) is 0 Å². The number of likely N-dealkylation sites (N-methyl/N-ethyl adjacent to an activating group) is 1. The lowest BCUT2D eigenvalue weighted by molar-refractivity contribution is -0.208. The molecule has 4 fully saturated rings. The van der Waals surface area contributed by atoms with Gasteiger partial charge in [0.05, 0.1) is 5.41 Å². The summed E-state index contributed by atoms with van der Waals surface area (Å²) in [5.74, 6) is 0.0899. The van der Waals surface area contributed by atoms with Crippen molar-refractivity contribution in [1.82, 2.24) is 4.90 Å². The zero-order valence-electron chi connectivity index (χ0n) is 14.8. The van der Waals surface area contributed by atoms with Crippen molar-refractivity contribution in [3.63, 3.8) is 0 Å². The molecule has 22 heavy (non-hydrogen) atoms. The summed E-state index contributed by atoms with van der Waals surface area (Å²) in [5, 5.41) is 0. The number of hydrogen-bond acceptors (Lipinski definition) is 3. The summed E-state index contributed by atoms with van der Waals surface area (Å²) in [4.78, 5) is 14.9. The molecule has 0 radical (unpaired) electrons.